The Bertz CT molecular complexity index is 1160. The number of amides is 1. The average molecular weight is 499 g/mol. The topological polar surface area (TPSA) is 88.3 Å². The number of carbonyl (C=O) groups is 2. The van der Waals surface area contributed by atoms with Crippen LogP contribution < -0.4 is 5.32 Å². The highest BCUT2D eigenvalue weighted by Gasteiger charge is 2.19. The van der Waals surface area contributed by atoms with Crippen molar-refractivity contribution in [1.82, 2.24) is 14.9 Å². The summed E-state index contributed by atoms with van der Waals surface area (Å²) in [6.45, 7) is 6.96. The molecule has 1 N–H and O–H groups in total. The lowest BCUT2D eigenvalue weighted by atomic mass is 9.94. The molecule has 0 unspecified atom stereocenters. The van der Waals surface area contributed by atoms with E-state index in [1.165, 1.54) is 11.3 Å². The van der Waals surface area contributed by atoms with Crippen molar-refractivity contribution in [2.24, 2.45) is 0 Å². The van der Waals surface area contributed by atoms with Gasteiger partial charge in [-0.1, -0.05) is 50.3 Å². The number of rotatable bonds is 10. The number of hydrogen-bond acceptors (Lipinski definition) is 8. The van der Waals surface area contributed by atoms with Crippen LogP contribution in [0.25, 0.3) is 0 Å². The van der Waals surface area contributed by atoms with E-state index in [0.29, 0.717) is 28.9 Å². The lowest BCUT2D eigenvalue weighted by molar-refractivity contribution is -0.114. The summed E-state index contributed by atoms with van der Waals surface area (Å²) in [6.07, 6.45) is 7.18. The number of aromatic nitrogens is 2. The predicted octanol–water partition coefficient (Wildman–Crippen LogP) is 5.20. The summed E-state index contributed by atoms with van der Waals surface area (Å²) in [5, 5.41) is 3.36. The molecule has 1 aromatic carbocycles. The molecule has 0 aliphatic heterocycles. The molecule has 2 aromatic heterocycles. The lowest BCUT2D eigenvalue weighted by Gasteiger charge is -2.12. The van der Waals surface area contributed by atoms with E-state index in [1.54, 1.807) is 48.4 Å². The van der Waals surface area contributed by atoms with Crippen LogP contribution in [0, 0.1) is 0 Å². The second-order valence-electron chi connectivity index (χ2n) is 9.10. The van der Waals surface area contributed by atoms with Gasteiger partial charge in [-0.3, -0.25) is 14.9 Å². The lowest BCUT2D eigenvalue weighted by Crippen LogP contribution is -2.12. The van der Waals surface area contributed by atoms with Gasteiger partial charge in [0.1, 0.15) is 5.76 Å². The van der Waals surface area contributed by atoms with Crippen molar-refractivity contribution < 1.29 is 14.0 Å². The zero-order chi connectivity index (χ0) is 24.7. The number of carbonyl (C=O) groups excluding carboxylic acids is 2. The number of oxazole rings is 1. The fraction of sp³-hybridized carbons (Fsp3) is 0.360. The smallest absolute Gasteiger partial charge is 0.257 e. The molecule has 0 saturated carbocycles. The van der Waals surface area contributed by atoms with Gasteiger partial charge in [0.05, 0.1) is 22.4 Å². The Morgan fingerprint density at radius 1 is 1.21 bits per heavy atom. The van der Waals surface area contributed by atoms with Gasteiger partial charge >= 0.3 is 0 Å². The zero-order valence-corrected chi connectivity index (χ0v) is 21.8. The van der Waals surface area contributed by atoms with Crippen molar-refractivity contribution in [3.8, 4) is 0 Å². The molecule has 34 heavy (non-hydrogen) atoms. The Morgan fingerprint density at radius 2 is 2.00 bits per heavy atom. The second kappa shape index (κ2) is 11.6. The van der Waals surface area contributed by atoms with Gasteiger partial charge in [0.15, 0.2) is 10.9 Å². The van der Waals surface area contributed by atoms with Gasteiger partial charge in [-0.2, -0.15) is 0 Å². The molecule has 180 valence electrons. The molecular formula is C25H30N4O3S2. The van der Waals surface area contributed by atoms with Gasteiger partial charge in [0.25, 0.3) is 5.91 Å². The van der Waals surface area contributed by atoms with Gasteiger partial charge < -0.3 is 9.32 Å². The van der Waals surface area contributed by atoms with Crippen LogP contribution in [0.2, 0.25) is 0 Å². The first-order chi connectivity index (χ1) is 16.1. The third kappa shape index (κ3) is 7.93. The standard InChI is InChI=1S/C25H30N4O3S2/c1-25(2,3)20-14-26-21(32-20)16-33-22-15-27-24(34-22)28-23(31)18-9-6-8-17(12-18)13-19(30)10-7-11-29(4)5/h6-10,12,14-15H,11,13,16H2,1-5H3,(H,27,28,31)/b10-7+. The number of benzene rings is 1. The Hall–Kier alpha value is -2.75. The molecule has 0 aliphatic carbocycles. The van der Waals surface area contributed by atoms with Crippen LogP contribution in [-0.4, -0.2) is 47.2 Å². The van der Waals surface area contributed by atoms with E-state index in [2.05, 4.69) is 36.1 Å². The molecule has 3 aromatic rings. The minimum absolute atomic E-state index is 0.00154. The average Bonchev–Trinajstić information content (AvgIpc) is 3.41. The number of anilines is 1. The third-order valence-corrected chi connectivity index (χ3v) is 6.77. The quantitative estimate of drug-likeness (QED) is 0.303. The van der Waals surface area contributed by atoms with Crippen LogP contribution in [-0.2, 0) is 22.4 Å². The molecule has 2 heterocycles. The normalized spacial score (nSPS) is 11.9. The maximum atomic E-state index is 12.7. The molecule has 0 radical (unpaired) electrons. The maximum absolute atomic E-state index is 12.7. The number of likely N-dealkylation sites (N-methyl/N-ethyl adjacent to an activating group) is 1. The number of ketones is 1. The van der Waals surface area contributed by atoms with Gasteiger partial charge in [0, 0.05) is 23.9 Å². The Labute approximate surface area is 208 Å². The highest BCUT2D eigenvalue weighted by atomic mass is 32.2. The number of thiazole rings is 1. The first kappa shape index (κ1) is 25.9. The van der Waals surface area contributed by atoms with Crippen molar-refractivity contribution in [2.75, 3.05) is 26.0 Å². The summed E-state index contributed by atoms with van der Waals surface area (Å²) in [7, 11) is 3.89. The van der Waals surface area contributed by atoms with Crippen molar-refractivity contribution >= 4 is 39.9 Å². The summed E-state index contributed by atoms with van der Waals surface area (Å²) in [5.74, 6) is 1.85. The van der Waals surface area contributed by atoms with E-state index < -0.39 is 0 Å². The van der Waals surface area contributed by atoms with Crippen molar-refractivity contribution in [1.29, 1.82) is 0 Å². The minimum Gasteiger partial charge on any atom is -0.444 e. The molecule has 0 bridgehead atoms. The molecular weight excluding hydrogens is 468 g/mol. The summed E-state index contributed by atoms with van der Waals surface area (Å²) in [4.78, 5) is 35.5. The van der Waals surface area contributed by atoms with E-state index in [4.69, 9.17) is 4.42 Å². The molecule has 0 fully saturated rings. The number of thioether (sulfide) groups is 1. The number of hydrogen-bond donors (Lipinski definition) is 1. The molecule has 7 nitrogen and oxygen atoms in total. The van der Waals surface area contributed by atoms with Gasteiger partial charge in [0.2, 0.25) is 5.89 Å². The Balaban J connectivity index is 1.54. The first-order valence-corrected chi connectivity index (χ1v) is 12.7. The summed E-state index contributed by atoms with van der Waals surface area (Å²) in [5.41, 5.74) is 1.20. The van der Waals surface area contributed by atoms with Gasteiger partial charge in [-0.05, 0) is 37.9 Å². The highest BCUT2D eigenvalue weighted by Crippen LogP contribution is 2.32. The van der Waals surface area contributed by atoms with Crippen LogP contribution in [0.4, 0.5) is 5.13 Å². The molecule has 3 rings (SSSR count). The molecule has 0 aliphatic rings. The van der Waals surface area contributed by atoms with E-state index >= 15 is 0 Å². The summed E-state index contributed by atoms with van der Waals surface area (Å²) < 4.78 is 6.78. The number of nitrogens with one attached hydrogen (secondary N) is 1. The number of allylic oxidation sites excluding steroid dienone is 1. The fourth-order valence-electron chi connectivity index (χ4n) is 2.89. The van der Waals surface area contributed by atoms with Crippen LogP contribution in [0.5, 0.6) is 0 Å². The second-order valence-corrected chi connectivity index (χ2v) is 11.4. The van der Waals surface area contributed by atoms with E-state index in [9.17, 15) is 9.59 Å². The first-order valence-electron chi connectivity index (χ1n) is 10.9. The maximum Gasteiger partial charge on any atom is 0.257 e. The highest BCUT2D eigenvalue weighted by molar-refractivity contribution is 8.00. The summed E-state index contributed by atoms with van der Waals surface area (Å²) >= 11 is 2.96. The molecule has 0 spiro atoms. The molecule has 9 heteroatoms. The van der Waals surface area contributed by atoms with Gasteiger partial charge in [-0.15, -0.1) is 11.8 Å². The molecule has 0 atom stereocenters. The minimum atomic E-state index is -0.258. The third-order valence-electron chi connectivity index (χ3n) is 4.68. The SMILES string of the molecule is CN(C)C/C=C/C(=O)Cc1cccc(C(=O)Nc2ncc(SCc3ncc(C(C)(C)C)o3)s2)c1. The summed E-state index contributed by atoms with van der Waals surface area (Å²) in [6, 6.07) is 7.10. The van der Waals surface area contributed by atoms with E-state index in [1.807, 2.05) is 31.1 Å². The van der Waals surface area contributed by atoms with Crippen molar-refractivity contribution in [2.45, 2.75) is 42.6 Å². The molecule has 0 saturated heterocycles. The number of nitrogens with zero attached hydrogens (tertiary/aromatic N) is 3. The van der Waals surface area contributed by atoms with Crippen molar-refractivity contribution in [3.63, 3.8) is 0 Å². The van der Waals surface area contributed by atoms with E-state index in [-0.39, 0.29) is 23.5 Å². The van der Waals surface area contributed by atoms with Crippen LogP contribution in [0.15, 0.2) is 57.4 Å². The predicted molar refractivity (Wildman–Crippen MR) is 138 cm³/mol. The van der Waals surface area contributed by atoms with Crippen LogP contribution in [0.3, 0.4) is 0 Å². The largest absolute Gasteiger partial charge is 0.444 e. The monoisotopic (exact) mass is 498 g/mol. The Kier molecular flexibility index (Phi) is 8.82. The fourth-order valence-corrected chi connectivity index (χ4v) is 4.61. The van der Waals surface area contributed by atoms with E-state index in [0.717, 1.165) is 15.5 Å². The Morgan fingerprint density at radius 3 is 2.71 bits per heavy atom. The molecule has 1 amide bonds. The van der Waals surface area contributed by atoms with Crippen molar-refractivity contribution in [3.05, 3.63) is 71.6 Å². The van der Waals surface area contributed by atoms with Crippen LogP contribution in [0.1, 0.15) is 48.3 Å². The van der Waals surface area contributed by atoms with Crippen LogP contribution >= 0.6 is 23.1 Å². The van der Waals surface area contributed by atoms with Gasteiger partial charge in [-0.25, -0.2) is 9.97 Å². The zero-order valence-electron chi connectivity index (χ0n) is 20.1.